The number of amides is 1. The molecule has 2 aliphatic carbocycles. The van der Waals surface area contributed by atoms with Crippen molar-refractivity contribution < 1.29 is 14.0 Å². The Kier molecular flexibility index (Phi) is 6.87. The molecule has 1 amide bonds. The second kappa shape index (κ2) is 9.59. The number of rotatable bonds is 7. The molecule has 3 aliphatic rings. The number of hydrogen-bond acceptors (Lipinski definition) is 3. The van der Waals surface area contributed by atoms with Crippen LogP contribution in [0.3, 0.4) is 0 Å². The summed E-state index contributed by atoms with van der Waals surface area (Å²) in [6.45, 7) is 5.21. The highest BCUT2D eigenvalue weighted by molar-refractivity contribution is 5.97. The molecule has 1 heterocycles. The van der Waals surface area contributed by atoms with E-state index in [1.807, 2.05) is 0 Å². The van der Waals surface area contributed by atoms with Gasteiger partial charge in [0.25, 0.3) is 0 Å². The number of piperidine rings is 1. The standard InChI is InChI=1S/C25H35FN2O2/c1-17-16-23(17)25(30)27-22-8-2-18(3-9-22)10-13-28-14-11-20(12-15-28)24(29)19-4-6-21(26)7-5-19/h4-7,17-18,20,22-23H,2-3,8-16H2,1H3,(H,27,30)/t17?,18-,22-,23?. The summed E-state index contributed by atoms with van der Waals surface area (Å²) in [6, 6.07) is 6.33. The number of ketones is 1. The number of hydrogen-bond donors (Lipinski definition) is 1. The van der Waals surface area contributed by atoms with Gasteiger partial charge in [0.2, 0.25) is 5.91 Å². The summed E-state index contributed by atoms with van der Waals surface area (Å²) in [5.41, 5.74) is 0.634. The van der Waals surface area contributed by atoms with Crippen LogP contribution >= 0.6 is 0 Å². The van der Waals surface area contributed by atoms with Gasteiger partial charge in [-0.05, 0) is 107 Å². The van der Waals surface area contributed by atoms with Gasteiger partial charge in [0.1, 0.15) is 5.82 Å². The third-order valence-electron chi connectivity index (χ3n) is 7.58. The van der Waals surface area contributed by atoms with E-state index in [9.17, 15) is 14.0 Å². The van der Waals surface area contributed by atoms with Gasteiger partial charge in [-0.3, -0.25) is 9.59 Å². The molecular weight excluding hydrogens is 379 g/mol. The van der Waals surface area contributed by atoms with Gasteiger partial charge in [-0.2, -0.15) is 0 Å². The van der Waals surface area contributed by atoms with Crippen LogP contribution in [-0.2, 0) is 4.79 Å². The van der Waals surface area contributed by atoms with Gasteiger partial charge in [0.15, 0.2) is 5.78 Å². The fraction of sp³-hybridized carbons (Fsp3) is 0.680. The van der Waals surface area contributed by atoms with E-state index in [0.29, 0.717) is 17.5 Å². The number of likely N-dealkylation sites (tertiary alicyclic amines) is 1. The average molecular weight is 415 g/mol. The minimum Gasteiger partial charge on any atom is -0.353 e. The molecule has 5 heteroatoms. The maximum atomic E-state index is 13.1. The monoisotopic (exact) mass is 414 g/mol. The first-order valence-corrected chi connectivity index (χ1v) is 11.8. The minimum absolute atomic E-state index is 0.0694. The highest BCUT2D eigenvalue weighted by Gasteiger charge is 2.40. The van der Waals surface area contributed by atoms with Gasteiger partial charge in [0.05, 0.1) is 0 Å². The van der Waals surface area contributed by atoms with E-state index in [2.05, 4.69) is 17.1 Å². The van der Waals surface area contributed by atoms with Crippen LogP contribution in [0.15, 0.2) is 24.3 Å². The summed E-state index contributed by atoms with van der Waals surface area (Å²) in [5, 5.41) is 3.27. The molecule has 2 atom stereocenters. The summed E-state index contributed by atoms with van der Waals surface area (Å²) >= 11 is 0. The zero-order chi connectivity index (χ0) is 21.1. The Bertz CT molecular complexity index is 734. The average Bonchev–Trinajstić information content (AvgIpc) is 3.50. The minimum atomic E-state index is -0.296. The van der Waals surface area contributed by atoms with Gasteiger partial charge < -0.3 is 10.2 Å². The number of nitrogens with one attached hydrogen (secondary N) is 1. The maximum Gasteiger partial charge on any atom is 0.223 e. The van der Waals surface area contributed by atoms with Crippen LogP contribution in [0.5, 0.6) is 0 Å². The Morgan fingerprint density at radius 1 is 1.03 bits per heavy atom. The van der Waals surface area contributed by atoms with E-state index >= 15 is 0 Å². The van der Waals surface area contributed by atoms with Gasteiger partial charge in [-0.25, -0.2) is 4.39 Å². The Hall–Kier alpha value is -1.75. The van der Waals surface area contributed by atoms with Gasteiger partial charge >= 0.3 is 0 Å². The lowest BCUT2D eigenvalue weighted by Crippen LogP contribution is -2.40. The number of carbonyl (C=O) groups excluding carboxylic acids is 2. The van der Waals surface area contributed by atoms with Crippen LogP contribution in [0.4, 0.5) is 4.39 Å². The number of carbonyl (C=O) groups is 2. The van der Waals surface area contributed by atoms with E-state index in [0.717, 1.165) is 57.7 Å². The first-order valence-electron chi connectivity index (χ1n) is 11.8. The van der Waals surface area contributed by atoms with E-state index < -0.39 is 0 Å². The number of benzene rings is 1. The molecule has 0 spiro atoms. The molecule has 0 aromatic heterocycles. The molecule has 0 radical (unpaired) electrons. The quantitative estimate of drug-likeness (QED) is 0.671. The normalized spacial score (nSPS) is 30.1. The third kappa shape index (κ3) is 5.48. The summed E-state index contributed by atoms with van der Waals surface area (Å²) in [4.78, 5) is 27.2. The number of halogens is 1. The smallest absolute Gasteiger partial charge is 0.223 e. The summed E-state index contributed by atoms with van der Waals surface area (Å²) in [6.07, 6.45) is 8.74. The molecule has 4 nitrogen and oxygen atoms in total. The topological polar surface area (TPSA) is 49.4 Å². The fourth-order valence-electron chi connectivity index (χ4n) is 5.22. The molecule has 2 unspecified atom stereocenters. The largest absolute Gasteiger partial charge is 0.353 e. The van der Waals surface area contributed by atoms with Crippen LogP contribution < -0.4 is 5.32 Å². The molecule has 0 bridgehead atoms. The number of Topliss-reactive ketones (excluding diaryl/α,β-unsaturated/α-hetero) is 1. The highest BCUT2D eigenvalue weighted by Crippen LogP contribution is 2.38. The predicted octanol–water partition coefficient (Wildman–Crippen LogP) is 4.44. The molecule has 1 saturated heterocycles. The maximum absolute atomic E-state index is 13.1. The Labute approximate surface area is 179 Å². The Balaban J connectivity index is 1.12. The van der Waals surface area contributed by atoms with Crippen molar-refractivity contribution >= 4 is 11.7 Å². The third-order valence-corrected chi connectivity index (χ3v) is 7.58. The second-order valence-corrected chi connectivity index (χ2v) is 9.82. The molecule has 30 heavy (non-hydrogen) atoms. The van der Waals surface area contributed by atoms with E-state index in [1.165, 1.54) is 31.4 Å². The van der Waals surface area contributed by atoms with Crippen molar-refractivity contribution in [2.45, 2.75) is 64.3 Å². The lowest BCUT2D eigenvalue weighted by atomic mass is 9.83. The van der Waals surface area contributed by atoms with Crippen molar-refractivity contribution in [2.75, 3.05) is 19.6 Å². The van der Waals surface area contributed by atoms with Gasteiger partial charge in [-0.15, -0.1) is 0 Å². The molecule has 4 rings (SSSR count). The molecule has 1 aromatic rings. The van der Waals surface area contributed by atoms with E-state index in [1.54, 1.807) is 12.1 Å². The van der Waals surface area contributed by atoms with Crippen molar-refractivity contribution in [1.29, 1.82) is 0 Å². The SMILES string of the molecule is CC1CC1C(=O)N[C@H]1CC[C@H](CCN2CCC(C(=O)c3ccc(F)cc3)CC2)CC1. The molecule has 3 fully saturated rings. The lowest BCUT2D eigenvalue weighted by molar-refractivity contribution is -0.123. The molecule has 1 aromatic carbocycles. The van der Waals surface area contributed by atoms with Crippen molar-refractivity contribution in [3.63, 3.8) is 0 Å². The first-order chi connectivity index (χ1) is 14.5. The van der Waals surface area contributed by atoms with Gasteiger partial charge in [-0.1, -0.05) is 6.92 Å². The van der Waals surface area contributed by atoms with Crippen molar-refractivity contribution in [2.24, 2.45) is 23.7 Å². The molecule has 1 N–H and O–H groups in total. The summed E-state index contributed by atoms with van der Waals surface area (Å²) in [5.74, 6) is 1.84. The zero-order valence-electron chi connectivity index (χ0n) is 18.1. The van der Waals surface area contributed by atoms with Crippen LogP contribution in [0.2, 0.25) is 0 Å². The number of nitrogens with zero attached hydrogens (tertiary/aromatic N) is 1. The predicted molar refractivity (Wildman–Crippen MR) is 116 cm³/mol. The molecule has 1 aliphatic heterocycles. The van der Waals surface area contributed by atoms with Crippen LogP contribution in [0, 0.1) is 29.5 Å². The Morgan fingerprint density at radius 3 is 2.27 bits per heavy atom. The Morgan fingerprint density at radius 2 is 1.67 bits per heavy atom. The first kappa shape index (κ1) is 21.5. The van der Waals surface area contributed by atoms with Gasteiger partial charge in [0, 0.05) is 23.4 Å². The zero-order valence-corrected chi connectivity index (χ0v) is 18.1. The molecule has 164 valence electrons. The lowest BCUT2D eigenvalue weighted by Gasteiger charge is -2.34. The van der Waals surface area contributed by atoms with Crippen LogP contribution in [-0.4, -0.2) is 42.3 Å². The second-order valence-electron chi connectivity index (χ2n) is 9.82. The van der Waals surface area contributed by atoms with Crippen LogP contribution in [0.1, 0.15) is 68.6 Å². The van der Waals surface area contributed by atoms with Crippen molar-refractivity contribution in [1.82, 2.24) is 10.2 Å². The van der Waals surface area contributed by atoms with Crippen molar-refractivity contribution in [3.05, 3.63) is 35.6 Å². The van der Waals surface area contributed by atoms with Crippen LogP contribution in [0.25, 0.3) is 0 Å². The summed E-state index contributed by atoms with van der Waals surface area (Å²) < 4.78 is 13.1. The molecule has 2 saturated carbocycles. The summed E-state index contributed by atoms with van der Waals surface area (Å²) in [7, 11) is 0. The fourth-order valence-corrected chi connectivity index (χ4v) is 5.22. The van der Waals surface area contributed by atoms with Crippen molar-refractivity contribution in [3.8, 4) is 0 Å². The van der Waals surface area contributed by atoms with E-state index in [-0.39, 0.29) is 29.3 Å². The highest BCUT2D eigenvalue weighted by atomic mass is 19.1. The van der Waals surface area contributed by atoms with E-state index in [4.69, 9.17) is 0 Å². The molecular formula is C25H35FN2O2.